The van der Waals surface area contributed by atoms with Crippen LogP contribution in [0.15, 0.2) is 22.8 Å². The van der Waals surface area contributed by atoms with Gasteiger partial charge in [0, 0.05) is 29.6 Å². The van der Waals surface area contributed by atoms with E-state index < -0.39 is 0 Å². The Morgan fingerprint density at radius 2 is 2.38 bits per heavy atom. The van der Waals surface area contributed by atoms with Gasteiger partial charge in [-0.15, -0.1) is 0 Å². The van der Waals surface area contributed by atoms with Gasteiger partial charge >= 0.3 is 0 Å². The number of carbonyl (C=O) groups is 1. The van der Waals surface area contributed by atoms with Gasteiger partial charge in [-0.05, 0) is 12.1 Å². The molecular weight excluding hydrogens is 115 g/mol. The minimum atomic E-state index is 0. The maximum Gasteiger partial charge on any atom is 0.185 e. The van der Waals surface area contributed by atoms with Crippen molar-refractivity contribution in [2.45, 2.75) is 0 Å². The van der Waals surface area contributed by atoms with Gasteiger partial charge in [0.25, 0.3) is 0 Å². The molecule has 3 heteroatoms. The standard InChI is InChI=1S/C5H4O2.Na/c6-4-5-2-1-3-7-5;/h1-4H;. The van der Waals surface area contributed by atoms with E-state index in [-0.39, 0.29) is 29.6 Å². The molecule has 0 aliphatic heterocycles. The fraction of sp³-hybridized carbons (Fsp3) is 0. The van der Waals surface area contributed by atoms with Crippen molar-refractivity contribution in [3.8, 4) is 0 Å². The third-order valence-corrected chi connectivity index (χ3v) is 0.659. The molecule has 1 aromatic heterocycles. The second-order valence-electron chi connectivity index (χ2n) is 1.13. The summed E-state index contributed by atoms with van der Waals surface area (Å²) in [6.45, 7) is 0. The van der Waals surface area contributed by atoms with Gasteiger partial charge in [0.1, 0.15) is 0 Å². The number of rotatable bonds is 1. The van der Waals surface area contributed by atoms with E-state index in [1.165, 1.54) is 6.26 Å². The summed E-state index contributed by atoms with van der Waals surface area (Å²) in [5, 5.41) is 0. The first-order chi connectivity index (χ1) is 3.43. The zero-order valence-electron chi connectivity index (χ0n) is 4.63. The van der Waals surface area contributed by atoms with Gasteiger partial charge in [0.2, 0.25) is 0 Å². The Labute approximate surface area is 69.2 Å². The number of aldehydes is 1. The first-order valence-electron chi connectivity index (χ1n) is 1.92. The zero-order chi connectivity index (χ0) is 5.11. The van der Waals surface area contributed by atoms with Gasteiger partial charge in [0.05, 0.1) is 6.26 Å². The van der Waals surface area contributed by atoms with E-state index >= 15 is 0 Å². The summed E-state index contributed by atoms with van der Waals surface area (Å²) >= 11 is 0. The molecule has 0 fully saturated rings. The van der Waals surface area contributed by atoms with Gasteiger partial charge in [-0.3, -0.25) is 4.79 Å². The summed E-state index contributed by atoms with van der Waals surface area (Å²) in [5.41, 5.74) is 0. The molecule has 0 spiro atoms. The molecule has 1 radical (unpaired) electrons. The summed E-state index contributed by atoms with van der Waals surface area (Å²) < 4.78 is 4.61. The van der Waals surface area contributed by atoms with Crippen molar-refractivity contribution in [1.82, 2.24) is 0 Å². The van der Waals surface area contributed by atoms with Crippen LogP contribution in [-0.2, 0) is 0 Å². The molecule has 1 heterocycles. The average molecular weight is 119 g/mol. The molecule has 0 atom stereocenters. The van der Waals surface area contributed by atoms with Crippen molar-refractivity contribution in [3.63, 3.8) is 0 Å². The third-order valence-electron chi connectivity index (χ3n) is 0.659. The van der Waals surface area contributed by atoms with Crippen LogP contribution in [0.3, 0.4) is 0 Å². The van der Waals surface area contributed by atoms with Gasteiger partial charge in [-0.1, -0.05) is 0 Å². The normalized spacial score (nSPS) is 7.50. The van der Waals surface area contributed by atoms with Crippen molar-refractivity contribution in [2.75, 3.05) is 0 Å². The van der Waals surface area contributed by atoms with E-state index in [1.807, 2.05) is 0 Å². The van der Waals surface area contributed by atoms with Crippen molar-refractivity contribution in [1.29, 1.82) is 0 Å². The second kappa shape index (κ2) is 3.89. The number of furan rings is 1. The van der Waals surface area contributed by atoms with Crippen LogP contribution in [0.1, 0.15) is 10.6 Å². The molecule has 8 heavy (non-hydrogen) atoms. The van der Waals surface area contributed by atoms with Gasteiger partial charge in [-0.25, -0.2) is 0 Å². The minimum absolute atomic E-state index is 0. The van der Waals surface area contributed by atoms with Crippen LogP contribution >= 0.6 is 0 Å². The largest absolute Gasteiger partial charge is 0.462 e. The molecule has 0 aliphatic rings. The van der Waals surface area contributed by atoms with E-state index in [9.17, 15) is 4.79 Å². The Morgan fingerprint density at radius 1 is 1.62 bits per heavy atom. The summed E-state index contributed by atoms with van der Waals surface area (Å²) in [6, 6.07) is 3.27. The molecular formula is C5H4NaO2. The maximum absolute atomic E-state index is 9.77. The number of carbonyl (C=O) groups excluding carboxylic acids is 1. The van der Waals surface area contributed by atoms with Gasteiger partial charge < -0.3 is 4.42 Å². The fourth-order valence-corrected chi connectivity index (χ4v) is 0.358. The molecule has 0 bridgehead atoms. The molecule has 1 aromatic rings. The van der Waals surface area contributed by atoms with Crippen molar-refractivity contribution in [3.05, 3.63) is 24.2 Å². The SMILES string of the molecule is O=Cc1ccco1.[Na]. The fourth-order valence-electron chi connectivity index (χ4n) is 0.358. The second-order valence-corrected chi connectivity index (χ2v) is 1.13. The monoisotopic (exact) mass is 119 g/mol. The zero-order valence-corrected chi connectivity index (χ0v) is 6.63. The topological polar surface area (TPSA) is 30.2 Å². The van der Waals surface area contributed by atoms with Crippen LogP contribution in [0.4, 0.5) is 0 Å². The molecule has 0 N–H and O–H groups in total. The van der Waals surface area contributed by atoms with Crippen LogP contribution in [0, 0.1) is 0 Å². The van der Waals surface area contributed by atoms with E-state index in [2.05, 4.69) is 4.42 Å². The first-order valence-corrected chi connectivity index (χ1v) is 1.92. The van der Waals surface area contributed by atoms with E-state index in [0.29, 0.717) is 12.0 Å². The molecule has 0 amide bonds. The third kappa shape index (κ3) is 1.82. The molecule has 37 valence electrons. The summed E-state index contributed by atoms with van der Waals surface area (Å²) in [6.07, 6.45) is 2.13. The first kappa shape index (κ1) is 7.95. The Hall–Kier alpha value is -0.0500. The molecule has 0 aliphatic carbocycles. The number of hydrogen-bond acceptors (Lipinski definition) is 2. The van der Waals surface area contributed by atoms with Crippen LogP contribution in [-0.4, -0.2) is 35.8 Å². The smallest absolute Gasteiger partial charge is 0.185 e. The molecule has 1 rings (SSSR count). The Morgan fingerprint density at radius 3 is 2.62 bits per heavy atom. The summed E-state index contributed by atoms with van der Waals surface area (Å²) in [4.78, 5) is 9.77. The van der Waals surface area contributed by atoms with Crippen LogP contribution in [0.5, 0.6) is 0 Å². The Balaban J connectivity index is 0.000000490. The molecule has 0 saturated carbocycles. The quantitative estimate of drug-likeness (QED) is 0.402. The van der Waals surface area contributed by atoms with E-state index in [4.69, 9.17) is 0 Å². The average Bonchev–Trinajstić information content (AvgIpc) is 2.14. The van der Waals surface area contributed by atoms with Crippen LogP contribution < -0.4 is 0 Å². The Bertz CT molecular complexity index is 145. The summed E-state index contributed by atoms with van der Waals surface area (Å²) in [7, 11) is 0. The molecule has 0 unspecified atom stereocenters. The Kier molecular flexibility index (Phi) is 3.87. The van der Waals surface area contributed by atoms with E-state index in [0.717, 1.165) is 0 Å². The molecule has 0 aromatic carbocycles. The van der Waals surface area contributed by atoms with E-state index in [1.54, 1.807) is 12.1 Å². The van der Waals surface area contributed by atoms with Crippen molar-refractivity contribution < 1.29 is 9.21 Å². The summed E-state index contributed by atoms with van der Waals surface area (Å²) in [5.74, 6) is 0.375. The predicted molar refractivity (Wildman–Crippen MR) is 29.8 cm³/mol. The van der Waals surface area contributed by atoms with Gasteiger partial charge in [-0.2, -0.15) is 0 Å². The molecule has 2 nitrogen and oxygen atoms in total. The molecule has 0 saturated heterocycles. The van der Waals surface area contributed by atoms with Crippen molar-refractivity contribution in [2.24, 2.45) is 0 Å². The number of hydrogen-bond donors (Lipinski definition) is 0. The van der Waals surface area contributed by atoms with Crippen LogP contribution in [0.2, 0.25) is 0 Å². The minimum Gasteiger partial charge on any atom is -0.462 e. The van der Waals surface area contributed by atoms with Crippen LogP contribution in [0.25, 0.3) is 0 Å². The van der Waals surface area contributed by atoms with Gasteiger partial charge in [0.15, 0.2) is 12.0 Å². The van der Waals surface area contributed by atoms with Crippen molar-refractivity contribution >= 4 is 35.8 Å². The maximum atomic E-state index is 9.77. The predicted octanol–water partition coefficient (Wildman–Crippen LogP) is 0.711.